The Bertz CT molecular complexity index is 564. The Hall–Kier alpha value is -2.42. The molecule has 0 heterocycles. The van der Waals surface area contributed by atoms with Gasteiger partial charge in [-0.15, -0.1) is 0 Å². The molecule has 2 aromatic carbocycles. The first-order valence-corrected chi connectivity index (χ1v) is 5.54. The number of anilines is 1. The summed E-state index contributed by atoms with van der Waals surface area (Å²) in [5.41, 5.74) is 1.38. The van der Waals surface area contributed by atoms with E-state index in [1.54, 1.807) is 30.3 Å². The molecule has 18 heavy (non-hydrogen) atoms. The van der Waals surface area contributed by atoms with E-state index >= 15 is 0 Å². The van der Waals surface area contributed by atoms with Gasteiger partial charge in [0.15, 0.2) is 0 Å². The molecule has 90 valence electrons. The van der Waals surface area contributed by atoms with Crippen LogP contribution in [0, 0.1) is 5.82 Å². The maximum Gasteiger partial charge on any atom is 0.248 e. The third-order valence-corrected chi connectivity index (χ3v) is 2.32. The molecule has 0 aliphatic rings. The van der Waals surface area contributed by atoms with Gasteiger partial charge in [-0.1, -0.05) is 30.3 Å². The minimum Gasteiger partial charge on any atom is -0.323 e. The van der Waals surface area contributed by atoms with Gasteiger partial charge in [0, 0.05) is 11.8 Å². The first-order chi connectivity index (χ1) is 8.74. The number of nitrogens with one attached hydrogen (secondary N) is 1. The average Bonchev–Trinajstić information content (AvgIpc) is 2.38. The van der Waals surface area contributed by atoms with Crippen molar-refractivity contribution in [1.82, 2.24) is 0 Å². The van der Waals surface area contributed by atoms with Crippen LogP contribution in [-0.2, 0) is 4.79 Å². The Kier molecular flexibility index (Phi) is 3.86. The van der Waals surface area contributed by atoms with Crippen LogP contribution in [-0.4, -0.2) is 5.91 Å². The molecule has 0 fully saturated rings. The van der Waals surface area contributed by atoms with Crippen molar-refractivity contribution in [3.8, 4) is 0 Å². The van der Waals surface area contributed by atoms with Gasteiger partial charge in [0.1, 0.15) is 5.82 Å². The number of hydrogen-bond donors (Lipinski definition) is 1. The van der Waals surface area contributed by atoms with Gasteiger partial charge in [-0.05, 0) is 35.9 Å². The third-order valence-electron chi connectivity index (χ3n) is 2.32. The van der Waals surface area contributed by atoms with Crippen LogP contribution in [0.25, 0.3) is 6.08 Å². The summed E-state index contributed by atoms with van der Waals surface area (Å²) < 4.78 is 12.9. The topological polar surface area (TPSA) is 29.1 Å². The van der Waals surface area contributed by atoms with Crippen molar-refractivity contribution in [1.29, 1.82) is 0 Å². The van der Waals surface area contributed by atoms with Gasteiger partial charge in [0.2, 0.25) is 5.91 Å². The van der Waals surface area contributed by atoms with Crippen LogP contribution in [0.5, 0.6) is 0 Å². The number of carbonyl (C=O) groups excluding carboxylic acids is 1. The number of benzene rings is 2. The minimum atomic E-state index is -0.319. The lowest BCUT2D eigenvalue weighted by molar-refractivity contribution is -0.111. The molecule has 2 aromatic rings. The molecule has 0 atom stereocenters. The van der Waals surface area contributed by atoms with Crippen molar-refractivity contribution in [3.63, 3.8) is 0 Å². The smallest absolute Gasteiger partial charge is 0.248 e. The summed E-state index contributed by atoms with van der Waals surface area (Å²) in [6.45, 7) is 0. The number of carbonyl (C=O) groups is 1. The van der Waals surface area contributed by atoms with E-state index in [2.05, 4.69) is 5.32 Å². The second-order valence-corrected chi connectivity index (χ2v) is 3.74. The normalized spacial score (nSPS) is 10.5. The molecular formula is C15H12FNO. The van der Waals surface area contributed by atoms with E-state index in [1.807, 2.05) is 18.2 Å². The molecule has 0 spiro atoms. The summed E-state index contributed by atoms with van der Waals surface area (Å²) in [7, 11) is 0. The number of para-hydroxylation sites is 1. The van der Waals surface area contributed by atoms with E-state index in [-0.39, 0.29) is 11.7 Å². The van der Waals surface area contributed by atoms with Gasteiger partial charge in [0.05, 0.1) is 0 Å². The molecular weight excluding hydrogens is 229 g/mol. The van der Waals surface area contributed by atoms with E-state index in [0.717, 1.165) is 5.69 Å². The lowest BCUT2D eigenvalue weighted by Crippen LogP contribution is -2.07. The quantitative estimate of drug-likeness (QED) is 0.819. The predicted octanol–water partition coefficient (Wildman–Crippen LogP) is 3.48. The SMILES string of the molecule is O=C(C=Cc1cccc(F)c1)Nc1ccccc1. The zero-order chi connectivity index (χ0) is 12.8. The second-order valence-electron chi connectivity index (χ2n) is 3.74. The Morgan fingerprint density at radius 3 is 2.56 bits per heavy atom. The van der Waals surface area contributed by atoms with Crippen molar-refractivity contribution in [2.45, 2.75) is 0 Å². The van der Waals surface area contributed by atoms with Crippen LogP contribution in [0.4, 0.5) is 10.1 Å². The average molecular weight is 241 g/mol. The van der Waals surface area contributed by atoms with Crippen LogP contribution in [0.3, 0.4) is 0 Å². The Labute approximate surface area is 105 Å². The summed E-state index contributed by atoms with van der Waals surface area (Å²) in [6.07, 6.45) is 2.95. The molecule has 0 aliphatic heterocycles. The Balaban J connectivity index is 1.99. The van der Waals surface area contributed by atoms with Gasteiger partial charge in [-0.25, -0.2) is 4.39 Å². The fourth-order valence-electron chi connectivity index (χ4n) is 1.49. The summed E-state index contributed by atoms with van der Waals surface area (Å²) in [5, 5.41) is 2.71. The molecule has 0 saturated carbocycles. The van der Waals surface area contributed by atoms with Crippen LogP contribution in [0.15, 0.2) is 60.7 Å². The molecule has 0 saturated heterocycles. The molecule has 2 nitrogen and oxygen atoms in total. The lowest BCUT2D eigenvalue weighted by atomic mass is 10.2. The van der Waals surface area contributed by atoms with E-state index in [0.29, 0.717) is 5.56 Å². The van der Waals surface area contributed by atoms with Gasteiger partial charge in [-0.3, -0.25) is 4.79 Å². The van der Waals surface area contributed by atoms with Gasteiger partial charge < -0.3 is 5.32 Å². The Morgan fingerprint density at radius 1 is 1.06 bits per heavy atom. The lowest BCUT2D eigenvalue weighted by Gasteiger charge is -2.00. The predicted molar refractivity (Wildman–Crippen MR) is 70.5 cm³/mol. The minimum absolute atomic E-state index is 0.245. The van der Waals surface area contributed by atoms with E-state index in [9.17, 15) is 9.18 Å². The highest BCUT2D eigenvalue weighted by molar-refractivity contribution is 6.01. The molecule has 3 heteroatoms. The van der Waals surface area contributed by atoms with Crippen LogP contribution in [0.2, 0.25) is 0 Å². The summed E-state index contributed by atoms with van der Waals surface area (Å²) in [5.74, 6) is -0.564. The van der Waals surface area contributed by atoms with E-state index < -0.39 is 0 Å². The molecule has 0 aliphatic carbocycles. The molecule has 0 bridgehead atoms. The highest BCUT2D eigenvalue weighted by Crippen LogP contribution is 2.07. The second kappa shape index (κ2) is 5.77. The van der Waals surface area contributed by atoms with Crippen molar-refractivity contribution in [2.24, 2.45) is 0 Å². The van der Waals surface area contributed by atoms with E-state index in [4.69, 9.17) is 0 Å². The summed E-state index contributed by atoms with van der Waals surface area (Å²) in [6, 6.07) is 15.2. The van der Waals surface area contributed by atoms with Crippen molar-refractivity contribution in [2.75, 3.05) is 5.32 Å². The number of rotatable bonds is 3. The van der Waals surface area contributed by atoms with Gasteiger partial charge in [0.25, 0.3) is 0 Å². The zero-order valence-corrected chi connectivity index (χ0v) is 9.64. The van der Waals surface area contributed by atoms with Crippen molar-refractivity contribution < 1.29 is 9.18 Å². The summed E-state index contributed by atoms with van der Waals surface area (Å²) in [4.78, 5) is 11.6. The fraction of sp³-hybridized carbons (Fsp3) is 0. The molecule has 1 N–H and O–H groups in total. The van der Waals surface area contributed by atoms with Gasteiger partial charge in [-0.2, -0.15) is 0 Å². The fourth-order valence-corrected chi connectivity index (χ4v) is 1.49. The number of hydrogen-bond acceptors (Lipinski definition) is 1. The monoisotopic (exact) mass is 241 g/mol. The van der Waals surface area contributed by atoms with Crippen LogP contribution >= 0.6 is 0 Å². The highest BCUT2D eigenvalue weighted by atomic mass is 19.1. The first-order valence-electron chi connectivity index (χ1n) is 5.54. The molecule has 0 unspecified atom stereocenters. The number of amides is 1. The standard InChI is InChI=1S/C15H12FNO/c16-13-6-4-5-12(11-13)9-10-15(18)17-14-7-2-1-3-8-14/h1-11H,(H,17,18). The van der Waals surface area contributed by atoms with E-state index in [1.165, 1.54) is 18.2 Å². The van der Waals surface area contributed by atoms with Crippen molar-refractivity contribution >= 4 is 17.7 Å². The maximum absolute atomic E-state index is 12.9. The molecule has 1 amide bonds. The maximum atomic E-state index is 12.9. The highest BCUT2D eigenvalue weighted by Gasteiger charge is 1.96. The third kappa shape index (κ3) is 3.56. The molecule has 0 aromatic heterocycles. The van der Waals surface area contributed by atoms with Crippen molar-refractivity contribution in [3.05, 3.63) is 72.1 Å². The Morgan fingerprint density at radius 2 is 1.83 bits per heavy atom. The zero-order valence-electron chi connectivity index (χ0n) is 9.64. The van der Waals surface area contributed by atoms with Crippen LogP contribution < -0.4 is 5.32 Å². The molecule has 0 radical (unpaired) electrons. The largest absolute Gasteiger partial charge is 0.323 e. The van der Waals surface area contributed by atoms with Gasteiger partial charge >= 0.3 is 0 Å². The van der Waals surface area contributed by atoms with Crippen LogP contribution in [0.1, 0.15) is 5.56 Å². The first kappa shape index (κ1) is 12.0. The summed E-state index contributed by atoms with van der Waals surface area (Å²) >= 11 is 0. The number of halogens is 1. The molecule has 2 rings (SSSR count).